The van der Waals surface area contributed by atoms with E-state index in [1.807, 2.05) is 0 Å². The van der Waals surface area contributed by atoms with E-state index in [-0.39, 0.29) is 0 Å². The molecule has 0 amide bonds. The summed E-state index contributed by atoms with van der Waals surface area (Å²) in [6, 6.07) is 46.4. The summed E-state index contributed by atoms with van der Waals surface area (Å²) in [5, 5.41) is 5.50. The van der Waals surface area contributed by atoms with Gasteiger partial charge in [0.15, 0.2) is 0 Å². The van der Waals surface area contributed by atoms with Crippen LogP contribution < -0.4 is 0 Å². The fourth-order valence-electron chi connectivity index (χ4n) is 8.64. The number of hydrogen-bond acceptors (Lipinski definition) is 0. The second-order valence-corrected chi connectivity index (χ2v) is 24.5. The quantitative estimate of drug-likeness (QED) is 0.182. The van der Waals surface area contributed by atoms with Crippen molar-refractivity contribution < 1.29 is 20.3 Å². The van der Waals surface area contributed by atoms with Gasteiger partial charge in [0.05, 0.1) is 0 Å². The molecule has 2 atom stereocenters. The predicted octanol–water partition coefficient (Wildman–Crippen LogP) is 11.5. The third kappa shape index (κ3) is 3.91. The van der Waals surface area contributed by atoms with Gasteiger partial charge in [-0.2, -0.15) is 0 Å². The molecule has 1 heterocycles. The van der Waals surface area contributed by atoms with Crippen LogP contribution in [0.4, 0.5) is 0 Å². The summed E-state index contributed by atoms with van der Waals surface area (Å²) in [6.45, 7) is 4.53. The van der Waals surface area contributed by atoms with Crippen molar-refractivity contribution in [2.45, 2.75) is 29.4 Å². The molecule has 0 nitrogen and oxygen atoms in total. The van der Waals surface area contributed by atoms with E-state index in [1.165, 1.54) is 63.2 Å². The Morgan fingerprint density at radius 3 is 1.37 bits per heavy atom. The summed E-state index contributed by atoms with van der Waals surface area (Å²) in [5.74, 6) is 0. The zero-order valence-corrected chi connectivity index (χ0v) is 27.2. The minimum absolute atomic E-state index is 0.548. The molecular formula is C42H34Zr. The Labute approximate surface area is 258 Å². The average molecular weight is 630 g/mol. The third-order valence-electron chi connectivity index (χ3n) is 10.5. The van der Waals surface area contributed by atoms with Crippen molar-refractivity contribution in [3.05, 3.63) is 166 Å². The van der Waals surface area contributed by atoms with E-state index in [2.05, 4.69) is 147 Å². The van der Waals surface area contributed by atoms with Crippen molar-refractivity contribution in [2.75, 3.05) is 0 Å². The number of aryl methyl sites for hydroxylation is 2. The molecule has 9 rings (SSSR count). The van der Waals surface area contributed by atoms with Gasteiger partial charge in [0.1, 0.15) is 0 Å². The molecule has 0 spiro atoms. The third-order valence-corrected chi connectivity index (χ3v) is 23.2. The van der Waals surface area contributed by atoms with Crippen molar-refractivity contribution in [2.24, 2.45) is 0 Å². The Bertz CT molecular complexity index is 2020. The number of allylic oxidation sites excluding steroid dienone is 2. The standard InChI is InChI=1S/2C20H15.C2H4.Zr/c2*1-14-10-17-8-4-5-9-19(17)20(11-14)18-12-15-6-2-3-7-16(15)13-18;1-2;/h2*2-13H,1H3;1-2H2;. The van der Waals surface area contributed by atoms with Crippen LogP contribution in [0.5, 0.6) is 0 Å². The summed E-state index contributed by atoms with van der Waals surface area (Å²) in [4.78, 5) is 0. The molecule has 1 heteroatoms. The van der Waals surface area contributed by atoms with Gasteiger partial charge in [-0.1, -0.05) is 0 Å². The molecule has 0 bridgehead atoms. The summed E-state index contributed by atoms with van der Waals surface area (Å²) in [7, 11) is 0. The first-order valence-corrected chi connectivity index (χ1v) is 22.0. The van der Waals surface area contributed by atoms with Crippen LogP contribution in [0.2, 0.25) is 8.26 Å². The summed E-state index contributed by atoms with van der Waals surface area (Å²) >= 11 is -2.97. The number of benzene rings is 6. The van der Waals surface area contributed by atoms with Gasteiger partial charge >= 0.3 is 260 Å². The molecule has 3 aliphatic rings. The Morgan fingerprint density at radius 1 is 0.488 bits per heavy atom. The molecule has 206 valence electrons. The Hall–Kier alpha value is -3.80. The van der Waals surface area contributed by atoms with E-state index in [0.717, 1.165) is 0 Å². The van der Waals surface area contributed by atoms with Gasteiger partial charge in [-0.3, -0.25) is 0 Å². The molecule has 1 saturated heterocycles. The molecule has 2 aliphatic carbocycles. The average Bonchev–Trinajstić information content (AvgIpc) is 3.56. The normalized spacial score (nSPS) is 19.7. The topological polar surface area (TPSA) is 0 Å². The van der Waals surface area contributed by atoms with Crippen LogP contribution in [-0.2, 0) is 20.3 Å². The van der Waals surface area contributed by atoms with Gasteiger partial charge in [0.2, 0.25) is 0 Å². The van der Waals surface area contributed by atoms with Gasteiger partial charge in [0.25, 0.3) is 0 Å². The van der Waals surface area contributed by atoms with Gasteiger partial charge in [-0.15, -0.1) is 0 Å². The van der Waals surface area contributed by atoms with Crippen molar-refractivity contribution in [1.82, 2.24) is 0 Å². The zero-order valence-electron chi connectivity index (χ0n) is 24.8. The Kier molecular flexibility index (Phi) is 5.73. The van der Waals surface area contributed by atoms with Crippen LogP contribution in [0.15, 0.2) is 121 Å². The van der Waals surface area contributed by atoms with E-state index in [9.17, 15) is 0 Å². The van der Waals surface area contributed by atoms with Crippen LogP contribution in [-0.4, -0.2) is 0 Å². The van der Waals surface area contributed by atoms with Crippen LogP contribution in [0.1, 0.15) is 51.8 Å². The number of hydrogen-bond donors (Lipinski definition) is 0. The molecule has 2 unspecified atom stereocenters. The monoisotopic (exact) mass is 628 g/mol. The SMILES string of the molecule is Cc1cc(C2=Cc3ccccc3[CH]2[Zr]2([CH]3C(c4cc(C)cc5ccccc45)=Cc4ccccc43)[CH2][CH2]2)c2ccccc2c1. The van der Waals surface area contributed by atoms with Crippen LogP contribution >= 0.6 is 0 Å². The van der Waals surface area contributed by atoms with Gasteiger partial charge in [0, 0.05) is 0 Å². The summed E-state index contributed by atoms with van der Waals surface area (Å²) in [5.41, 5.74) is 14.9. The summed E-state index contributed by atoms with van der Waals surface area (Å²) in [6.07, 6.45) is 5.15. The molecule has 43 heavy (non-hydrogen) atoms. The first-order chi connectivity index (χ1) is 21.1. The first-order valence-electron chi connectivity index (χ1n) is 15.7. The van der Waals surface area contributed by atoms with Gasteiger partial charge < -0.3 is 0 Å². The Balaban J connectivity index is 1.29. The molecular weight excluding hydrogens is 596 g/mol. The van der Waals surface area contributed by atoms with Crippen molar-refractivity contribution in [3.8, 4) is 0 Å². The van der Waals surface area contributed by atoms with Crippen molar-refractivity contribution in [1.29, 1.82) is 0 Å². The van der Waals surface area contributed by atoms with Crippen molar-refractivity contribution in [3.63, 3.8) is 0 Å². The van der Waals surface area contributed by atoms with Gasteiger partial charge in [-0.05, 0) is 0 Å². The van der Waals surface area contributed by atoms with E-state index >= 15 is 0 Å². The maximum atomic E-state index is 2.57. The van der Waals surface area contributed by atoms with Crippen LogP contribution in [0.25, 0.3) is 44.8 Å². The Morgan fingerprint density at radius 2 is 0.907 bits per heavy atom. The second kappa shape index (κ2) is 9.60. The minimum atomic E-state index is -2.97. The molecule has 0 aromatic heterocycles. The fourth-order valence-corrected chi connectivity index (χ4v) is 25.8. The summed E-state index contributed by atoms with van der Waals surface area (Å²) < 4.78 is 3.97. The predicted molar refractivity (Wildman–Crippen MR) is 181 cm³/mol. The molecule has 6 aromatic rings. The molecule has 0 radical (unpaired) electrons. The van der Waals surface area contributed by atoms with E-state index in [0.29, 0.717) is 7.25 Å². The van der Waals surface area contributed by atoms with Crippen LogP contribution in [0, 0.1) is 13.8 Å². The van der Waals surface area contributed by atoms with E-state index < -0.39 is 20.3 Å². The van der Waals surface area contributed by atoms with E-state index in [4.69, 9.17) is 0 Å². The number of rotatable bonds is 4. The van der Waals surface area contributed by atoms with E-state index in [1.54, 1.807) is 22.3 Å². The fraction of sp³-hybridized carbons (Fsp3) is 0.143. The zero-order chi connectivity index (χ0) is 28.7. The molecule has 1 fully saturated rings. The molecule has 1 aliphatic heterocycles. The second-order valence-electron chi connectivity index (χ2n) is 13.1. The van der Waals surface area contributed by atoms with Gasteiger partial charge in [-0.25, -0.2) is 0 Å². The maximum absolute atomic E-state index is 2.97. The molecule has 0 saturated carbocycles. The molecule has 0 N–H and O–H groups in total. The van der Waals surface area contributed by atoms with Crippen LogP contribution in [0.3, 0.4) is 0 Å². The van der Waals surface area contributed by atoms with Crippen molar-refractivity contribution >= 4 is 44.8 Å². The number of fused-ring (bicyclic) bond motifs is 4. The molecule has 6 aromatic carbocycles. The first kappa shape index (κ1) is 25.7.